The smallest absolute Gasteiger partial charge is 0.253 e. The Balaban J connectivity index is 1.68. The van der Waals surface area contributed by atoms with E-state index in [9.17, 15) is 13.2 Å². The van der Waals surface area contributed by atoms with E-state index in [1.807, 2.05) is 12.1 Å². The number of nitrogens with one attached hydrogen (secondary N) is 2. The monoisotopic (exact) mass is 441 g/mol. The van der Waals surface area contributed by atoms with Crippen LogP contribution in [0, 0.1) is 0 Å². The molecule has 1 aliphatic rings. The molecule has 0 bridgehead atoms. The number of benzene rings is 1. The lowest BCUT2D eigenvalue weighted by atomic mass is 10.1. The molecular formula is C19H24ClN3O3S2. The second kappa shape index (κ2) is 9.37. The molecule has 6 nitrogen and oxygen atoms in total. The first-order chi connectivity index (χ1) is 13.4. The number of sulfonamides is 1. The summed E-state index contributed by atoms with van der Waals surface area (Å²) in [4.78, 5) is 12.8. The van der Waals surface area contributed by atoms with Gasteiger partial charge in [0.05, 0.1) is 4.34 Å². The first kappa shape index (κ1) is 21.3. The quantitative estimate of drug-likeness (QED) is 0.692. The van der Waals surface area contributed by atoms with Gasteiger partial charge in [-0.25, -0.2) is 8.42 Å². The molecule has 0 unspecified atom stereocenters. The van der Waals surface area contributed by atoms with Crippen molar-refractivity contribution in [1.29, 1.82) is 0 Å². The number of rotatable bonds is 7. The minimum absolute atomic E-state index is 0.156. The second-order valence-electron chi connectivity index (χ2n) is 6.68. The molecule has 1 atom stereocenters. The predicted octanol–water partition coefficient (Wildman–Crippen LogP) is 2.63. The Morgan fingerprint density at radius 2 is 1.96 bits per heavy atom. The Morgan fingerprint density at radius 1 is 1.25 bits per heavy atom. The Morgan fingerprint density at radius 3 is 2.61 bits per heavy atom. The molecule has 3 rings (SSSR count). The van der Waals surface area contributed by atoms with E-state index in [-0.39, 0.29) is 23.2 Å². The van der Waals surface area contributed by atoms with E-state index >= 15 is 0 Å². The van der Waals surface area contributed by atoms with Gasteiger partial charge >= 0.3 is 0 Å². The second-order valence-corrected chi connectivity index (χ2v) is 10.5. The minimum Gasteiger partial charge on any atom is -0.351 e. The number of carbonyl (C=O) groups excluding carboxylic acids is 1. The zero-order chi connectivity index (χ0) is 20.1. The highest BCUT2D eigenvalue weighted by atomic mass is 35.5. The maximum absolute atomic E-state index is 13.0. The van der Waals surface area contributed by atoms with Gasteiger partial charge in [-0.3, -0.25) is 4.79 Å². The third kappa shape index (κ3) is 4.93. The lowest BCUT2D eigenvalue weighted by Crippen LogP contribution is -2.59. The Hall–Kier alpha value is -1.45. The summed E-state index contributed by atoms with van der Waals surface area (Å²) in [7, 11) is -3.76. The first-order valence-corrected chi connectivity index (χ1v) is 11.9. The van der Waals surface area contributed by atoms with Crippen LogP contribution in [0.25, 0.3) is 0 Å². The average molecular weight is 442 g/mol. The van der Waals surface area contributed by atoms with Crippen molar-refractivity contribution in [1.82, 2.24) is 14.9 Å². The number of thiophene rings is 1. The number of halogens is 1. The highest BCUT2D eigenvalue weighted by Crippen LogP contribution is 2.29. The Labute approximate surface area is 174 Å². The minimum atomic E-state index is -3.76. The van der Waals surface area contributed by atoms with Gasteiger partial charge in [0.25, 0.3) is 10.0 Å². The topological polar surface area (TPSA) is 78.5 Å². The van der Waals surface area contributed by atoms with E-state index in [0.717, 1.165) is 29.7 Å². The molecule has 0 spiro atoms. The summed E-state index contributed by atoms with van der Waals surface area (Å²) in [6.45, 7) is 3.51. The molecule has 0 radical (unpaired) electrons. The molecule has 152 valence electrons. The Bertz CT molecular complexity index is 913. The molecule has 9 heteroatoms. The Kier molecular flexibility index (Phi) is 7.11. The van der Waals surface area contributed by atoms with Gasteiger partial charge in [0.1, 0.15) is 10.3 Å². The molecule has 1 fully saturated rings. The summed E-state index contributed by atoms with van der Waals surface area (Å²) >= 11 is 6.90. The number of piperazine rings is 1. The summed E-state index contributed by atoms with van der Waals surface area (Å²) in [6, 6.07) is 10.4. The van der Waals surface area contributed by atoms with Crippen molar-refractivity contribution < 1.29 is 13.2 Å². The molecule has 2 heterocycles. The standard InChI is InChI=1S/C19H24ClN3O3S2/c1-2-3-14-4-6-15(7-5-14)12-22-19(24)16-13-21-10-11-23(16)28(25,26)18-9-8-17(20)27-18/h4-9,16,21H,2-3,10-13H2,1H3,(H,22,24)/t16-/m1/s1. The van der Waals surface area contributed by atoms with E-state index in [1.165, 1.54) is 15.9 Å². The SMILES string of the molecule is CCCc1ccc(CNC(=O)[C@H]2CNCCN2S(=O)(=O)c2ccc(Cl)s2)cc1. The number of hydrogen-bond acceptors (Lipinski definition) is 5. The molecule has 1 amide bonds. The number of carbonyl (C=O) groups is 1. The molecule has 1 aliphatic heterocycles. The number of aryl methyl sites for hydroxylation is 1. The summed E-state index contributed by atoms with van der Waals surface area (Å²) in [5.74, 6) is -0.309. The van der Waals surface area contributed by atoms with Crippen LogP contribution in [0.5, 0.6) is 0 Å². The van der Waals surface area contributed by atoms with Gasteiger partial charge < -0.3 is 10.6 Å². The third-order valence-corrected chi connectivity index (χ3v) is 8.24. The zero-order valence-corrected chi connectivity index (χ0v) is 18.0. The van der Waals surface area contributed by atoms with Crippen LogP contribution in [0.4, 0.5) is 0 Å². The van der Waals surface area contributed by atoms with Gasteiger partial charge in [0.2, 0.25) is 5.91 Å². The molecule has 0 aliphatic carbocycles. The molecule has 1 aromatic carbocycles. The zero-order valence-electron chi connectivity index (χ0n) is 15.7. The number of hydrogen-bond donors (Lipinski definition) is 2. The highest BCUT2D eigenvalue weighted by Gasteiger charge is 2.38. The largest absolute Gasteiger partial charge is 0.351 e. The van der Waals surface area contributed by atoms with Gasteiger partial charge in [-0.1, -0.05) is 49.2 Å². The number of nitrogens with zero attached hydrogens (tertiary/aromatic N) is 1. The van der Waals surface area contributed by atoms with Crippen LogP contribution in [0.2, 0.25) is 4.34 Å². The fourth-order valence-corrected chi connectivity index (χ4v) is 6.37. The fraction of sp³-hybridized carbons (Fsp3) is 0.421. The third-order valence-electron chi connectivity index (χ3n) is 4.64. The van der Waals surface area contributed by atoms with Gasteiger partial charge in [-0.2, -0.15) is 4.31 Å². The molecule has 1 saturated heterocycles. The van der Waals surface area contributed by atoms with E-state index < -0.39 is 16.1 Å². The van der Waals surface area contributed by atoms with Crippen molar-refractivity contribution in [2.45, 2.75) is 36.6 Å². The van der Waals surface area contributed by atoms with Crippen molar-refractivity contribution >= 4 is 38.9 Å². The van der Waals surface area contributed by atoms with Crippen molar-refractivity contribution in [3.63, 3.8) is 0 Å². The van der Waals surface area contributed by atoms with Gasteiger partial charge in [-0.05, 0) is 29.7 Å². The first-order valence-electron chi connectivity index (χ1n) is 9.25. The molecule has 28 heavy (non-hydrogen) atoms. The van der Waals surface area contributed by atoms with Gasteiger partial charge in [-0.15, -0.1) is 11.3 Å². The fourth-order valence-electron chi connectivity index (χ4n) is 3.17. The van der Waals surface area contributed by atoms with Crippen LogP contribution in [0.1, 0.15) is 24.5 Å². The maximum Gasteiger partial charge on any atom is 0.253 e. The van der Waals surface area contributed by atoms with Gasteiger partial charge in [0.15, 0.2) is 0 Å². The highest BCUT2D eigenvalue weighted by molar-refractivity contribution is 7.91. The van der Waals surface area contributed by atoms with Crippen LogP contribution >= 0.6 is 22.9 Å². The van der Waals surface area contributed by atoms with E-state index in [0.29, 0.717) is 17.4 Å². The molecular weight excluding hydrogens is 418 g/mol. The number of amides is 1. The van der Waals surface area contributed by atoms with Crippen LogP contribution in [-0.2, 0) is 27.8 Å². The molecule has 2 N–H and O–H groups in total. The summed E-state index contributed by atoms with van der Waals surface area (Å²) in [5, 5.41) is 5.98. The maximum atomic E-state index is 13.0. The van der Waals surface area contributed by atoms with Gasteiger partial charge in [0, 0.05) is 26.2 Å². The van der Waals surface area contributed by atoms with Crippen LogP contribution in [0.15, 0.2) is 40.6 Å². The van der Waals surface area contributed by atoms with Crippen molar-refractivity contribution in [2.24, 2.45) is 0 Å². The van der Waals surface area contributed by atoms with Crippen molar-refractivity contribution in [3.8, 4) is 0 Å². The van der Waals surface area contributed by atoms with Crippen LogP contribution in [-0.4, -0.2) is 44.3 Å². The lowest BCUT2D eigenvalue weighted by molar-refractivity contribution is -0.125. The van der Waals surface area contributed by atoms with E-state index in [1.54, 1.807) is 6.07 Å². The summed E-state index contributed by atoms with van der Waals surface area (Å²) < 4.78 is 27.7. The molecule has 0 saturated carbocycles. The van der Waals surface area contributed by atoms with E-state index in [2.05, 4.69) is 29.7 Å². The van der Waals surface area contributed by atoms with Crippen molar-refractivity contribution in [3.05, 3.63) is 51.9 Å². The molecule has 2 aromatic rings. The normalized spacial score (nSPS) is 18.1. The van der Waals surface area contributed by atoms with Crippen LogP contribution < -0.4 is 10.6 Å². The van der Waals surface area contributed by atoms with Crippen molar-refractivity contribution in [2.75, 3.05) is 19.6 Å². The lowest BCUT2D eigenvalue weighted by Gasteiger charge is -2.33. The predicted molar refractivity (Wildman–Crippen MR) is 112 cm³/mol. The van der Waals surface area contributed by atoms with E-state index in [4.69, 9.17) is 11.6 Å². The summed E-state index contributed by atoms with van der Waals surface area (Å²) in [6.07, 6.45) is 2.12. The summed E-state index contributed by atoms with van der Waals surface area (Å²) in [5.41, 5.74) is 2.25. The molecule has 1 aromatic heterocycles. The average Bonchev–Trinajstić information content (AvgIpc) is 3.15. The van der Waals surface area contributed by atoms with Crippen LogP contribution in [0.3, 0.4) is 0 Å².